The Kier molecular flexibility index (Phi) is 6.61. The van der Waals surface area contributed by atoms with E-state index in [1.807, 2.05) is 38.2 Å². The number of likely N-dealkylation sites (N-methyl/N-ethyl adjacent to an activating group) is 1. The van der Waals surface area contributed by atoms with E-state index in [0.717, 1.165) is 25.7 Å². The molecule has 0 aliphatic heterocycles. The number of thiazole rings is 1. The maximum absolute atomic E-state index is 12.1. The zero-order valence-electron chi connectivity index (χ0n) is 15.7. The number of halogens is 1. The molecular formula is C20H22ClN4O2S+. The first-order valence-corrected chi connectivity index (χ1v) is 10.1. The third kappa shape index (κ3) is 5.28. The third-order valence-corrected chi connectivity index (χ3v) is 5.69. The van der Waals surface area contributed by atoms with Gasteiger partial charge in [0, 0.05) is 10.7 Å². The van der Waals surface area contributed by atoms with Gasteiger partial charge < -0.3 is 15.5 Å². The Bertz CT molecular complexity index is 972. The maximum Gasteiger partial charge on any atom is 0.275 e. The van der Waals surface area contributed by atoms with Gasteiger partial charge in [0.05, 0.1) is 23.8 Å². The molecule has 0 aliphatic rings. The quantitative estimate of drug-likeness (QED) is 0.550. The monoisotopic (exact) mass is 417 g/mol. The van der Waals surface area contributed by atoms with E-state index >= 15 is 0 Å². The van der Waals surface area contributed by atoms with Gasteiger partial charge in [-0.05, 0) is 36.8 Å². The molecule has 3 aromatic rings. The summed E-state index contributed by atoms with van der Waals surface area (Å²) < 4.78 is 1.14. The second kappa shape index (κ2) is 9.14. The molecule has 0 fully saturated rings. The SMILES string of the molecule is Cc1c(Cl)cccc1NC(=O)CNC(=O)C[NH+](C)Cc1nc2ccccc2s1. The Morgan fingerprint density at radius 3 is 2.71 bits per heavy atom. The lowest BCUT2D eigenvalue weighted by Gasteiger charge is -2.13. The maximum atomic E-state index is 12.1. The van der Waals surface area contributed by atoms with Gasteiger partial charge in [-0.15, -0.1) is 11.3 Å². The summed E-state index contributed by atoms with van der Waals surface area (Å²) in [5.41, 5.74) is 2.42. The van der Waals surface area contributed by atoms with Crippen molar-refractivity contribution in [3.05, 3.63) is 58.1 Å². The number of aromatic nitrogens is 1. The number of carbonyl (C=O) groups excluding carboxylic acids is 2. The number of anilines is 1. The van der Waals surface area contributed by atoms with Crippen LogP contribution in [-0.2, 0) is 16.1 Å². The fraction of sp³-hybridized carbons (Fsp3) is 0.250. The van der Waals surface area contributed by atoms with Gasteiger partial charge in [0.15, 0.2) is 6.54 Å². The van der Waals surface area contributed by atoms with Crippen LogP contribution in [-0.4, -0.2) is 36.9 Å². The molecule has 0 aliphatic carbocycles. The van der Waals surface area contributed by atoms with Crippen LogP contribution in [0.2, 0.25) is 5.02 Å². The van der Waals surface area contributed by atoms with Gasteiger partial charge in [-0.2, -0.15) is 0 Å². The van der Waals surface area contributed by atoms with Gasteiger partial charge in [0.1, 0.15) is 11.6 Å². The van der Waals surface area contributed by atoms with Crippen LogP contribution in [0.15, 0.2) is 42.5 Å². The van der Waals surface area contributed by atoms with Crippen molar-refractivity contribution in [1.82, 2.24) is 10.3 Å². The van der Waals surface area contributed by atoms with Crippen LogP contribution in [0.25, 0.3) is 10.2 Å². The number of hydrogen-bond donors (Lipinski definition) is 3. The fourth-order valence-electron chi connectivity index (χ4n) is 2.77. The van der Waals surface area contributed by atoms with Gasteiger partial charge in [0.2, 0.25) is 5.91 Å². The van der Waals surface area contributed by atoms with E-state index in [1.165, 1.54) is 0 Å². The minimum absolute atomic E-state index is 0.0841. The summed E-state index contributed by atoms with van der Waals surface area (Å²) in [7, 11) is 1.93. The van der Waals surface area contributed by atoms with Crippen molar-refractivity contribution in [2.45, 2.75) is 13.5 Å². The molecule has 1 aromatic heterocycles. The largest absolute Gasteiger partial charge is 0.342 e. The minimum Gasteiger partial charge on any atom is -0.342 e. The highest BCUT2D eigenvalue weighted by atomic mass is 35.5. The van der Waals surface area contributed by atoms with Crippen molar-refractivity contribution in [3.8, 4) is 0 Å². The molecule has 3 rings (SSSR count). The summed E-state index contributed by atoms with van der Waals surface area (Å²) in [5.74, 6) is -0.473. The number of carbonyl (C=O) groups is 2. The first-order valence-electron chi connectivity index (χ1n) is 8.90. The molecule has 0 saturated carbocycles. The highest BCUT2D eigenvalue weighted by molar-refractivity contribution is 7.18. The average molecular weight is 418 g/mol. The van der Waals surface area contributed by atoms with Crippen LogP contribution in [0.1, 0.15) is 10.6 Å². The van der Waals surface area contributed by atoms with Crippen LogP contribution in [0.4, 0.5) is 5.69 Å². The lowest BCUT2D eigenvalue weighted by molar-refractivity contribution is -0.885. The molecule has 3 N–H and O–H groups in total. The smallest absolute Gasteiger partial charge is 0.275 e. The van der Waals surface area contributed by atoms with E-state index < -0.39 is 0 Å². The van der Waals surface area contributed by atoms with Gasteiger partial charge in [-0.3, -0.25) is 9.59 Å². The van der Waals surface area contributed by atoms with Crippen LogP contribution >= 0.6 is 22.9 Å². The lowest BCUT2D eigenvalue weighted by atomic mass is 10.2. The number of nitrogens with zero attached hydrogens (tertiary/aromatic N) is 1. The predicted octanol–water partition coefficient (Wildman–Crippen LogP) is 2.03. The molecule has 8 heteroatoms. The molecule has 0 spiro atoms. The highest BCUT2D eigenvalue weighted by Gasteiger charge is 2.14. The number of benzene rings is 2. The van der Waals surface area contributed by atoms with Crippen LogP contribution in [0, 0.1) is 6.92 Å². The molecule has 2 aromatic carbocycles. The molecule has 1 heterocycles. The Balaban J connectivity index is 1.45. The van der Waals surface area contributed by atoms with E-state index in [2.05, 4.69) is 15.6 Å². The van der Waals surface area contributed by atoms with Crippen molar-refractivity contribution in [3.63, 3.8) is 0 Å². The summed E-state index contributed by atoms with van der Waals surface area (Å²) in [5, 5.41) is 6.99. The normalized spacial score (nSPS) is 12.0. The van der Waals surface area contributed by atoms with Crippen molar-refractivity contribution in [1.29, 1.82) is 0 Å². The average Bonchev–Trinajstić information content (AvgIpc) is 3.05. The van der Waals surface area contributed by atoms with Crippen LogP contribution < -0.4 is 15.5 Å². The summed E-state index contributed by atoms with van der Waals surface area (Å²) in [4.78, 5) is 29.8. The van der Waals surface area contributed by atoms with Crippen molar-refractivity contribution in [2.75, 3.05) is 25.5 Å². The van der Waals surface area contributed by atoms with E-state index in [-0.39, 0.29) is 24.9 Å². The molecule has 1 atom stereocenters. The van der Waals surface area contributed by atoms with Gasteiger partial charge in [0.25, 0.3) is 5.91 Å². The van der Waals surface area contributed by atoms with E-state index in [4.69, 9.17) is 11.6 Å². The van der Waals surface area contributed by atoms with E-state index in [0.29, 0.717) is 17.3 Å². The van der Waals surface area contributed by atoms with Gasteiger partial charge >= 0.3 is 0 Å². The number of hydrogen-bond acceptors (Lipinski definition) is 4. The van der Waals surface area contributed by atoms with Crippen molar-refractivity contribution in [2.24, 2.45) is 0 Å². The first-order chi connectivity index (χ1) is 13.4. The molecule has 0 bridgehead atoms. The topological polar surface area (TPSA) is 75.5 Å². The van der Waals surface area contributed by atoms with Crippen LogP contribution in [0.3, 0.4) is 0 Å². The number of nitrogens with one attached hydrogen (secondary N) is 3. The number of rotatable bonds is 7. The number of amides is 2. The summed E-state index contributed by atoms with van der Waals surface area (Å²) >= 11 is 7.68. The Hall–Kier alpha value is -2.48. The predicted molar refractivity (Wildman–Crippen MR) is 113 cm³/mol. The molecule has 1 unspecified atom stereocenters. The second-order valence-corrected chi connectivity index (χ2v) is 8.15. The molecule has 2 amide bonds. The van der Waals surface area contributed by atoms with Crippen molar-refractivity contribution < 1.29 is 14.5 Å². The molecule has 0 radical (unpaired) electrons. The first kappa shape index (κ1) is 20.3. The molecular weight excluding hydrogens is 396 g/mol. The lowest BCUT2D eigenvalue weighted by Crippen LogP contribution is -3.08. The molecule has 0 saturated heterocycles. The molecule has 6 nitrogen and oxygen atoms in total. The highest BCUT2D eigenvalue weighted by Crippen LogP contribution is 2.22. The van der Waals surface area contributed by atoms with Gasteiger partial charge in [-0.25, -0.2) is 4.98 Å². The van der Waals surface area contributed by atoms with Crippen molar-refractivity contribution >= 4 is 50.7 Å². The summed E-state index contributed by atoms with van der Waals surface area (Å²) in [6.07, 6.45) is 0. The van der Waals surface area contributed by atoms with E-state index in [1.54, 1.807) is 29.5 Å². The zero-order valence-corrected chi connectivity index (χ0v) is 17.3. The Labute approximate surface area is 172 Å². The number of quaternary nitrogens is 1. The number of para-hydroxylation sites is 1. The molecule has 146 valence electrons. The van der Waals surface area contributed by atoms with Gasteiger partial charge in [-0.1, -0.05) is 29.8 Å². The minimum atomic E-state index is -0.289. The summed E-state index contributed by atoms with van der Waals surface area (Å²) in [6, 6.07) is 13.3. The van der Waals surface area contributed by atoms with E-state index in [9.17, 15) is 9.59 Å². The van der Waals surface area contributed by atoms with Crippen LogP contribution in [0.5, 0.6) is 0 Å². The number of fused-ring (bicyclic) bond motifs is 1. The summed E-state index contributed by atoms with van der Waals surface area (Å²) in [6.45, 7) is 2.66. The fourth-order valence-corrected chi connectivity index (χ4v) is 4.02. The Morgan fingerprint density at radius 1 is 1.14 bits per heavy atom. The second-order valence-electron chi connectivity index (χ2n) is 6.62. The third-order valence-electron chi connectivity index (χ3n) is 4.24. The Morgan fingerprint density at radius 2 is 1.93 bits per heavy atom. The molecule has 28 heavy (non-hydrogen) atoms. The standard InChI is InChI=1S/C20H21ClN4O2S/c1-13-14(21)6-5-8-15(13)23-18(26)10-22-19(27)11-25(2)12-20-24-16-7-3-4-9-17(16)28-20/h3-9H,10-12H2,1-2H3,(H,22,27)(H,23,26)/p+1. The zero-order chi connectivity index (χ0) is 20.1.